The molecule has 0 N–H and O–H groups in total. The Bertz CT molecular complexity index is 2670. The second kappa shape index (κ2) is 16.0. The smallest absolute Gasteiger partial charge is 0.763 e. The number of hydrogen-bond donors (Lipinski definition) is 0. The van der Waals surface area contributed by atoms with E-state index in [-0.39, 0.29) is 138 Å². The molecule has 0 saturated carbocycles. The Morgan fingerprint density at radius 3 is 0.686 bits per heavy atom. The van der Waals surface area contributed by atoms with Crippen LogP contribution in [0.4, 0.5) is 0 Å². The van der Waals surface area contributed by atoms with Crippen LogP contribution in [0.3, 0.4) is 0 Å². The van der Waals surface area contributed by atoms with Crippen LogP contribution < -0.4 is 0 Å². The summed E-state index contributed by atoms with van der Waals surface area (Å²) in [5.41, 5.74) is -3.68. The molecule has 0 atom stereocenters. The van der Waals surface area contributed by atoms with E-state index in [9.17, 15) is 42.4 Å². The van der Waals surface area contributed by atoms with Crippen molar-refractivity contribution in [2.45, 2.75) is 0 Å². The first-order valence-corrected chi connectivity index (χ1v) is 12.5. The van der Waals surface area contributed by atoms with Crippen LogP contribution in [0.25, 0.3) is 10.8 Å². The topological polar surface area (TPSA) is 381 Å². The third kappa shape index (κ3) is 6.59. The van der Waals surface area contributed by atoms with E-state index in [1.54, 1.807) is 48.2 Å². The van der Waals surface area contributed by atoms with Crippen LogP contribution in [0, 0.1) is 160 Å². The third-order valence-corrected chi connectivity index (χ3v) is 6.07. The van der Waals surface area contributed by atoms with Crippen LogP contribution in [0.2, 0.25) is 0 Å². The summed E-state index contributed by atoms with van der Waals surface area (Å²) in [7, 11) is 0. The van der Waals surface area contributed by atoms with Gasteiger partial charge in [-0.25, -0.2) is 39.9 Å². The minimum atomic E-state index is -0.440. The summed E-state index contributed by atoms with van der Waals surface area (Å²) in [6.07, 6.45) is 0. The maximum Gasteiger partial charge on any atom is 2.00 e. The molecule has 20 nitrogen and oxygen atoms in total. The molecule has 51 heavy (non-hydrogen) atoms. The van der Waals surface area contributed by atoms with Crippen molar-refractivity contribution in [1.82, 2.24) is 0 Å². The van der Waals surface area contributed by atoms with E-state index >= 15 is 0 Å². The maximum atomic E-state index is 9.71. The zero-order chi connectivity index (χ0) is 36.5. The standard InChI is InChI=1S/C24N16.C6N4.Yb/c25-1-9-10(2-26)18-33-17(9)37-19-11(3-27)12(4-28)21(34-19)39-23-15(7-31)16(8-32)24(36-23)40-22-14(6-30)13(5-29)20(35-22)38-18;7-1-5(2-8)6(3-9)4-10;/q-2;;+2. The number of rotatable bonds is 0. The van der Waals surface area contributed by atoms with Gasteiger partial charge in [-0.2, -0.15) is 52.6 Å². The van der Waals surface area contributed by atoms with Gasteiger partial charge in [0.15, 0.2) is 57.8 Å². The predicted molar refractivity (Wildman–Crippen MR) is 167 cm³/mol. The predicted octanol–water partition coefficient (Wildman–Crippen LogP) is 0.982. The Morgan fingerprint density at radius 2 is 0.510 bits per heavy atom. The molecular weight excluding hydrogens is 814 g/mol. The summed E-state index contributed by atoms with van der Waals surface area (Å²) in [6, 6.07) is 16.4. The Kier molecular flexibility index (Phi) is 11.6. The molecule has 0 aromatic rings. The summed E-state index contributed by atoms with van der Waals surface area (Å²) < 4.78 is 0. The summed E-state index contributed by atoms with van der Waals surface area (Å²) >= 11 is 0. The summed E-state index contributed by atoms with van der Waals surface area (Å²) in [4.78, 5) is 32.7. The van der Waals surface area contributed by atoms with Gasteiger partial charge in [-0.15, -0.1) is 0 Å². The molecule has 0 fully saturated rings. The molecule has 5 heterocycles. The van der Waals surface area contributed by atoms with Crippen molar-refractivity contribution >= 4 is 58.4 Å². The molecule has 21 heteroatoms. The van der Waals surface area contributed by atoms with Gasteiger partial charge in [-0.1, -0.05) is 0 Å². The second-order valence-electron chi connectivity index (χ2n) is 8.57. The quantitative estimate of drug-likeness (QED) is 0.246. The molecule has 0 radical (unpaired) electrons. The van der Waals surface area contributed by atoms with Crippen molar-refractivity contribution in [2.75, 3.05) is 0 Å². The second-order valence-corrected chi connectivity index (χ2v) is 8.57. The van der Waals surface area contributed by atoms with Gasteiger partial charge in [0.25, 0.3) is 0 Å². The van der Waals surface area contributed by atoms with Gasteiger partial charge in [-0.3, -0.25) is 11.7 Å². The summed E-state index contributed by atoms with van der Waals surface area (Å²) in [6.45, 7) is 0. The molecule has 5 aliphatic rings. The average Bonchev–Trinajstić information content (AvgIpc) is 3.85. The fraction of sp³-hybridized carbons (Fsp3) is 0. The van der Waals surface area contributed by atoms with Crippen molar-refractivity contribution in [1.29, 1.82) is 52.6 Å². The van der Waals surface area contributed by atoms with Crippen molar-refractivity contribution in [3.63, 3.8) is 0 Å². The minimum absolute atomic E-state index is 0. The first-order chi connectivity index (χ1) is 24.2. The zero-order valence-corrected chi connectivity index (χ0v) is 25.9. The van der Waals surface area contributed by atoms with E-state index in [1.165, 1.54) is 24.3 Å². The van der Waals surface area contributed by atoms with Gasteiger partial charge in [-0.05, 0) is 0 Å². The molecule has 5 aliphatic heterocycles. The number of nitriles is 10. The van der Waals surface area contributed by atoms with Crippen LogP contribution in [-0.2, 0) is 0 Å². The van der Waals surface area contributed by atoms with Gasteiger partial charge in [0.05, 0.1) is 11.1 Å². The fourth-order valence-corrected chi connectivity index (χ4v) is 3.91. The maximum absolute atomic E-state index is 9.71. The van der Waals surface area contributed by atoms with Gasteiger partial charge in [0, 0.05) is 0 Å². The van der Waals surface area contributed by atoms with Crippen molar-refractivity contribution in [2.24, 2.45) is 39.9 Å². The number of aliphatic imine (C=N–C) groups is 8. The number of amidine groups is 8. The molecule has 8 bridgehead atoms. The van der Waals surface area contributed by atoms with E-state index in [0.29, 0.717) is 0 Å². The monoisotopic (exact) mass is 814 g/mol. The SMILES string of the molecule is N#CC(C#N)=C(C#N)C#N.N#CC1=C(C#N)C2=NC1=NC1=NC(=NC3=NC(=NC4=NC(=N2)C(C#N)=C4C#N)C(C#N)=C3C#N)C(=C=[N-])C1=C=[N-].[Yb+2]. The fourth-order valence-electron chi connectivity index (χ4n) is 3.91. The first-order valence-electron chi connectivity index (χ1n) is 12.5. The van der Waals surface area contributed by atoms with E-state index < -0.39 is 11.1 Å². The molecule has 0 saturated heterocycles. The largest absolute Gasteiger partial charge is 2.00 e. The van der Waals surface area contributed by atoms with E-state index in [2.05, 4.69) is 39.9 Å². The van der Waals surface area contributed by atoms with E-state index in [1.807, 2.05) is 0 Å². The summed E-state index contributed by atoms with van der Waals surface area (Å²) in [5.74, 6) is 0.465. The van der Waals surface area contributed by atoms with E-state index in [4.69, 9.17) is 21.0 Å². The zero-order valence-electron chi connectivity index (χ0n) is 24.2. The summed E-state index contributed by atoms with van der Waals surface area (Å²) in [5, 5.41) is 110. The Morgan fingerprint density at radius 1 is 0.333 bits per heavy atom. The molecule has 0 aliphatic carbocycles. The van der Waals surface area contributed by atoms with Crippen LogP contribution in [0.15, 0.2) is 95.7 Å². The van der Waals surface area contributed by atoms with Crippen LogP contribution in [0.5, 0.6) is 0 Å². The van der Waals surface area contributed by atoms with E-state index in [0.717, 1.165) is 0 Å². The molecular formula is C30N20Yb. The third-order valence-electron chi connectivity index (χ3n) is 6.07. The molecule has 234 valence electrons. The molecule has 5 rings (SSSR count). The molecule has 0 aromatic heterocycles. The first kappa shape index (κ1) is 37.1. The minimum Gasteiger partial charge on any atom is -0.763 e. The number of nitrogens with zero attached hydrogens (tertiary/aromatic N) is 20. The van der Waals surface area contributed by atoms with Gasteiger partial charge in [0.2, 0.25) is 0 Å². The van der Waals surface area contributed by atoms with Gasteiger partial charge >= 0.3 is 46.9 Å². The normalized spacial score (nSPS) is 15.7. The van der Waals surface area contributed by atoms with Crippen LogP contribution in [0.1, 0.15) is 0 Å². The number of fused-ring (bicyclic) bond motifs is 4. The molecule has 0 amide bonds. The van der Waals surface area contributed by atoms with Crippen LogP contribution >= 0.6 is 0 Å². The van der Waals surface area contributed by atoms with Gasteiger partial charge < -0.3 is 10.8 Å². The van der Waals surface area contributed by atoms with Crippen molar-refractivity contribution < 1.29 is 46.9 Å². The van der Waals surface area contributed by atoms with Gasteiger partial charge in [0.1, 0.15) is 94.1 Å². The molecule has 0 unspecified atom stereocenters. The number of allylic oxidation sites excluding steroid dienone is 2. The Labute approximate surface area is 322 Å². The number of hydrogen-bond acceptors (Lipinski definition) is 18. The van der Waals surface area contributed by atoms with Crippen molar-refractivity contribution in [3.05, 3.63) is 66.5 Å². The van der Waals surface area contributed by atoms with Crippen LogP contribution in [-0.4, -0.2) is 58.4 Å². The average molecular weight is 814 g/mol. The Hall–Kier alpha value is -8.36. The Balaban J connectivity index is 0.000000559. The molecule has 0 aromatic carbocycles. The molecule has 0 spiro atoms. The van der Waals surface area contributed by atoms with Crippen molar-refractivity contribution in [3.8, 4) is 60.7 Å².